The van der Waals surface area contributed by atoms with E-state index in [1.54, 1.807) is 13.4 Å². The predicted octanol–water partition coefficient (Wildman–Crippen LogP) is 1.61. The van der Waals surface area contributed by atoms with Gasteiger partial charge in [-0.15, -0.1) is 0 Å². The van der Waals surface area contributed by atoms with Gasteiger partial charge < -0.3 is 25.4 Å². The summed E-state index contributed by atoms with van der Waals surface area (Å²) in [6.45, 7) is 1.44. The molecule has 0 saturated carbocycles. The summed E-state index contributed by atoms with van der Waals surface area (Å²) in [6, 6.07) is 8.93. The lowest BCUT2D eigenvalue weighted by atomic mass is 9.87. The third-order valence-corrected chi connectivity index (χ3v) is 5.90. The fraction of sp³-hybridized carbons (Fsp3) is 0.524. The molecule has 1 aliphatic heterocycles. The van der Waals surface area contributed by atoms with Gasteiger partial charge in [-0.3, -0.25) is 0 Å². The molecule has 150 valence electrons. The van der Waals surface area contributed by atoms with E-state index in [0.717, 1.165) is 49.6 Å². The van der Waals surface area contributed by atoms with Crippen LogP contribution in [0.1, 0.15) is 24.0 Å². The minimum atomic E-state index is -0.323. The van der Waals surface area contributed by atoms with Gasteiger partial charge in [-0.2, -0.15) is 0 Å². The number of hydrogen-bond acceptors (Lipinski definition) is 7. The highest BCUT2D eigenvalue weighted by Crippen LogP contribution is 2.30. The zero-order valence-electron chi connectivity index (χ0n) is 16.6. The molecule has 0 spiro atoms. The second-order valence-corrected chi connectivity index (χ2v) is 7.65. The van der Waals surface area contributed by atoms with Crippen LogP contribution in [0.25, 0.3) is 0 Å². The highest BCUT2D eigenvalue weighted by Gasteiger charge is 2.32. The lowest BCUT2D eigenvalue weighted by Gasteiger charge is -2.30. The summed E-state index contributed by atoms with van der Waals surface area (Å²) in [5.41, 5.74) is 2.72. The monoisotopic (exact) mass is 383 g/mol. The molecule has 1 fully saturated rings. The van der Waals surface area contributed by atoms with E-state index in [1.165, 1.54) is 11.1 Å². The zero-order chi connectivity index (χ0) is 19.5. The molecule has 3 N–H and O–H groups in total. The molecular weight excluding hydrogens is 354 g/mol. The molecule has 3 atom stereocenters. The SMILES string of the molecule is CNc1cc(N2C[C@H](O)C[C@@H]2CNC2CCc3c(cccc3OC)C2)ncn1. The average Bonchev–Trinajstić information content (AvgIpc) is 3.12. The summed E-state index contributed by atoms with van der Waals surface area (Å²) in [6.07, 6.45) is 5.14. The number of rotatable bonds is 6. The van der Waals surface area contributed by atoms with Gasteiger partial charge in [-0.25, -0.2) is 9.97 Å². The summed E-state index contributed by atoms with van der Waals surface area (Å²) in [5.74, 6) is 2.66. The van der Waals surface area contributed by atoms with E-state index in [-0.39, 0.29) is 12.1 Å². The zero-order valence-corrected chi connectivity index (χ0v) is 16.6. The van der Waals surface area contributed by atoms with Gasteiger partial charge in [0.15, 0.2) is 0 Å². The average molecular weight is 383 g/mol. The van der Waals surface area contributed by atoms with Crippen molar-refractivity contribution in [1.82, 2.24) is 15.3 Å². The molecular formula is C21H29N5O2. The van der Waals surface area contributed by atoms with Crippen LogP contribution in [0, 0.1) is 0 Å². The maximum atomic E-state index is 10.2. The Kier molecular flexibility index (Phi) is 5.64. The van der Waals surface area contributed by atoms with Crippen LogP contribution in [-0.2, 0) is 12.8 Å². The lowest BCUT2D eigenvalue weighted by Crippen LogP contribution is -2.44. The molecule has 0 amide bonds. The maximum absolute atomic E-state index is 10.2. The number of aromatic nitrogens is 2. The Bertz CT molecular complexity index is 815. The molecule has 7 nitrogen and oxygen atoms in total. The second kappa shape index (κ2) is 8.32. The number of β-amino-alcohol motifs (C(OH)–C–C–N with tert-alkyl or cyclic N) is 1. The van der Waals surface area contributed by atoms with Crippen LogP contribution in [0.5, 0.6) is 5.75 Å². The summed E-state index contributed by atoms with van der Waals surface area (Å²) in [4.78, 5) is 10.8. The predicted molar refractivity (Wildman–Crippen MR) is 110 cm³/mol. The van der Waals surface area contributed by atoms with Crippen LogP contribution in [0.4, 0.5) is 11.6 Å². The van der Waals surface area contributed by atoms with E-state index >= 15 is 0 Å². The van der Waals surface area contributed by atoms with E-state index in [1.807, 2.05) is 19.2 Å². The molecule has 1 unspecified atom stereocenters. The molecule has 7 heteroatoms. The van der Waals surface area contributed by atoms with E-state index in [0.29, 0.717) is 12.6 Å². The van der Waals surface area contributed by atoms with Gasteiger partial charge in [0, 0.05) is 38.3 Å². The van der Waals surface area contributed by atoms with Crippen molar-refractivity contribution in [2.24, 2.45) is 0 Å². The molecule has 1 aromatic heterocycles. The number of aliphatic hydroxyl groups is 1. The van der Waals surface area contributed by atoms with Gasteiger partial charge in [0.2, 0.25) is 0 Å². The first-order chi connectivity index (χ1) is 13.7. The van der Waals surface area contributed by atoms with E-state index in [2.05, 4.69) is 37.6 Å². The molecule has 4 rings (SSSR count). The van der Waals surface area contributed by atoms with Crippen molar-refractivity contribution >= 4 is 11.6 Å². The molecule has 0 bridgehead atoms. The maximum Gasteiger partial charge on any atom is 0.134 e. The molecule has 2 aromatic rings. The lowest BCUT2D eigenvalue weighted by molar-refractivity contribution is 0.193. The van der Waals surface area contributed by atoms with Crippen molar-refractivity contribution in [2.45, 2.75) is 43.9 Å². The van der Waals surface area contributed by atoms with Crippen molar-refractivity contribution in [3.8, 4) is 5.75 Å². The number of hydrogen-bond donors (Lipinski definition) is 3. The van der Waals surface area contributed by atoms with Crippen LogP contribution in [-0.4, -0.2) is 60.5 Å². The highest BCUT2D eigenvalue weighted by molar-refractivity contribution is 5.50. The van der Waals surface area contributed by atoms with Crippen LogP contribution in [0.3, 0.4) is 0 Å². The molecule has 2 aliphatic rings. The number of anilines is 2. The minimum absolute atomic E-state index is 0.223. The molecule has 1 saturated heterocycles. The molecule has 0 radical (unpaired) electrons. The Hall–Kier alpha value is -2.38. The number of fused-ring (bicyclic) bond motifs is 1. The third kappa shape index (κ3) is 3.91. The Labute approximate surface area is 166 Å². The van der Waals surface area contributed by atoms with Crippen molar-refractivity contribution < 1.29 is 9.84 Å². The Morgan fingerprint density at radius 2 is 2.21 bits per heavy atom. The normalized spacial score (nSPS) is 24.1. The Morgan fingerprint density at radius 3 is 3.04 bits per heavy atom. The quantitative estimate of drug-likeness (QED) is 0.699. The summed E-state index contributed by atoms with van der Waals surface area (Å²) >= 11 is 0. The number of nitrogens with one attached hydrogen (secondary N) is 2. The molecule has 28 heavy (non-hydrogen) atoms. The van der Waals surface area contributed by atoms with Crippen molar-refractivity contribution in [2.75, 3.05) is 37.5 Å². The Morgan fingerprint density at radius 1 is 1.32 bits per heavy atom. The van der Waals surface area contributed by atoms with Gasteiger partial charge in [0.1, 0.15) is 23.7 Å². The summed E-state index contributed by atoms with van der Waals surface area (Å²) in [5, 5.41) is 17.0. The summed E-state index contributed by atoms with van der Waals surface area (Å²) in [7, 11) is 3.59. The molecule has 1 aromatic carbocycles. The van der Waals surface area contributed by atoms with Gasteiger partial charge >= 0.3 is 0 Å². The van der Waals surface area contributed by atoms with Crippen LogP contribution < -0.4 is 20.3 Å². The molecule has 1 aliphatic carbocycles. The van der Waals surface area contributed by atoms with Gasteiger partial charge in [-0.05, 0) is 42.9 Å². The smallest absolute Gasteiger partial charge is 0.134 e. The standard InChI is InChI=1S/C21H29N5O2/c1-22-20-10-21(25-13-24-20)26-12-17(27)9-16(26)11-23-15-6-7-18-14(8-15)4-3-5-19(18)28-2/h3-5,10,13,15-17,23,27H,6-9,11-12H2,1-2H3,(H,22,24,25)/t15?,16-,17-/m1/s1. The number of aliphatic hydroxyl groups excluding tert-OH is 1. The third-order valence-electron chi connectivity index (χ3n) is 5.90. The van der Waals surface area contributed by atoms with Gasteiger partial charge in [0.05, 0.1) is 13.2 Å². The van der Waals surface area contributed by atoms with Crippen molar-refractivity contribution in [1.29, 1.82) is 0 Å². The van der Waals surface area contributed by atoms with Gasteiger partial charge in [0.25, 0.3) is 0 Å². The van der Waals surface area contributed by atoms with Crippen LogP contribution >= 0.6 is 0 Å². The largest absolute Gasteiger partial charge is 0.496 e. The van der Waals surface area contributed by atoms with E-state index in [4.69, 9.17) is 4.74 Å². The second-order valence-electron chi connectivity index (χ2n) is 7.65. The van der Waals surface area contributed by atoms with Crippen molar-refractivity contribution in [3.63, 3.8) is 0 Å². The van der Waals surface area contributed by atoms with E-state index in [9.17, 15) is 5.11 Å². The first-order valence-electron chi connectivity index (χ1n) is 10.0. The highest BCUT2D eigenvalue weighted by atomic mass is 16.5. The molecule has 2 heterocycles. The van der Waals surface area contributed by atoms with Crippen LogP contribution in [0.15, 0.2) is 30.6 Å². The first kappa shape index (κ1) is 19.0. The fourth-order valence-electron chi connectivity index (χ4n) is 4.45. The number of methoxy groups -OCH3 is 1. The first-order valence-corrected chi connectivity index (χ1v) is 10.0. The van der Waals surface area contributed by atoms with Crippen LogP contribution in [0.2, 0.25) is 0 Å². The minimum Gasteiger partial charge on any atom is -0.496 e. The van der Waals surface area contributed by atoms with Gasteiger partial charge in [-0.1, -0.05) is 12.1 Å². The van der Waals surface area contributed by atoms with Crippen molar-refractivity contribution in [3.05, 3.63) is 41.7 Å². The number of nitrogens with zero attached hydrogens (tertiary/aromatic N) is 3. The Balaban J connectivity index is 1.41. The number of benzene rings is 1. The fourth-order valence-corrected chi connectivity index (χ4v) is 4.45. The van der Waals surface area contributed by atoms with E-state index < -0.39 is 0 Å². The summed E-state index contributed by atoms with van der Waals surface area (Å²) < 4.78 is 5.51. The topological polar surface area (TPSA) is 82.5 Å². The number of ether oxygens (including phenoxy) is 1.